The Morgan fingerprint density at radius 3 is 2.30 bits per heavy atom. The van der Waals surface area contributed by atoms with E-state index in [0.29, 0.717) is 55.7 Å². The molecule has 2 saturated heterocycles. The van der Waals surface area contributed by atoms with Gasteiger partial charge >= 0.3 is 0 Å². The maximum absolute atomic E-state index is 6.60. The van der Waals surface area contributed by atoms with Crippen molar-refractivity contribution >= 4 is 0 Å². The average Bonchev–Trinajstić information content (AvgIpc) is 3.90. The van der Waals surface area contributed by atoms with E-state index in [1.54, 1.807) is 0 Å². The topological polar surface area (TPSA) is 43.5 Å². The van der Waals surface area contributed by atoms with Crippen molar-refractivity contribution in [3.8, 4) is 0 Å². The molecule has 6 rings (SSSR count). The Kier molecular flexibility index (Phi) is 8.86. The van der Waals surface area contributed by atoms with Crippen LogP contribution in [0.15, 0.2) is 96.1 Å². The van der Waals surface area contributed by atoms with E-state index < -0.39 is 0 Å². The lowest BCUT2D eigenvalue weighted by Gasteiger charge is -2.45. The Labute approximate surface area is 259 Å². The largest absolute Gasteiger partial charge is 0.376 e. The van der Waals surface area contributed by atoms with Crippen molar-refractivity contribution < 1.29 is 18.9 Å². The second kappa shape index (κ2) is 12.5. The second-order valence-electron chi connectivity index (χ2n) is 14.0. The zero-order valence-electron chi connectivity index (χ0n) is 26.9. The summed E-state index contributed by atoms with van der Waals surface area (Å²) in [7, 11) is 0. The Balaban J connectivity index is 1.19. The summed E-state index contributed by atoms with van der Waals surface area (Å²) in [6.07, 6.45) is 12.3. The van der Waals surface area contributed by atoms with Gasteiger partial charge in [0.1, 0.15) is 0 Å². The lowest BCUT2D eigenvalue weighted by Crippen LogP contribution is -2.48. The molecule has 10 atom stereocenters. The minimum Gasteiger partial charge on any atom is -0.376 e. The average molecular weight is 583 g/mol. The number of ether oxygens (including phenoxy) is 4. The van der Waals surface area contributed by atoms with Crippen LogP contribution < -0.4 is 0 Å². The third-order valence-electron chi connectivity index (χ3n) is 10.9. The van der Waals surface area contributed by atoms with Gasteiger partial charge in [-0.2, -0.15) is 0 Å². The molecular weight excluding hydrogens is 532 g/mol. The first-order chi connectivity index (χ1) is 20.7. The molecule has 2 saturated carbocycles. The molecule has 4 aliphatic rings. The molecule has 2 aromatic carbocycles. The zero-order chi connectivity index (χ0) is 30.2. The van der Waals surface area contributed by atoms with Crippen molar-refractivity contribution in [2.24, 2.45) is 29.6 Å². The van der Waals surface area contributed by atoms with Crippen molar-refractivity contribution in [2.45, 2.75) is 97.1 Å². The fraction of sp³-hybridized carbons (Fsp3) is 0.538. The van der Waals surface area contributed by atoms with Crippen LogP contribution in [0.2, 0.25) is 0 Å². The zero-order valence-corrected chi connectivity index (χ0v) is 26.9. The molecule has 0 unspecified atom stereocenters. The van der Waals surface area contributed by atoms with E-state index in [1.165, 1.54) is 22.3 Å². The van der Waals surface area contributed by atoms with Crippen LogP contribution in [0, 0.1) is 29.6 Å². The SMILES string of the molecule is C/C=C(\C)[C@H]1[C@@H](/C=C/C=C(\C)[C@@H](OCc2ccccc2)[C@@H](C)COCc2ccccc2)[C@@H]2C[C@@H]3O[C@]3(C)C[C@H]2[C@@H]2O[C@@]21C. The molecule has 2 aromatic rings. The Morgan fingerprint density at radius 2 is 1.63 bits per heavy atom. The Bertz CT molecular complexity index is 1330. The molecule has 4 heteroatoms. The minimum atomic E-state index is -0.0739. The van der Waals surface area contributed by atoms with E-state index in [9.17, 15) is 0 Å². The van der Waals surface area contributed by atoms with Crippen LogP contribution in [0.3, 0.4) is 0 Å². The highest BCUT2D eigenvalue weighted by atomic mass is 16.6. The van der Waals surface area contributed by atoms with Gasteiger partial charge in [0.2, 0.25) is 0 Å². The molecule has 0 spiro atoms. The van der Waals surface area contributed by atoms with Gasteiger partial charge in [-0.3, -0.25) is 0 Å². The van der Waals surface area contributed by atoms with Gasteiger partial charge in [-0.15, -0.1) is 0 Å². The smallest absolute Gasteiger partial charge is 0.0993 e. The first-order valence-corrected chi connectivity index (χ1v) is 16.3. The van der Waals surface area contributed by atoms with Gasteiger partial charge < -0.3 is 18.9 Å². The number of allylic oxidation sites excluding steroid dienone is 4. The van der Waals surface area contributed by atoms with Crippen molar-refractivity contribution in [2.75, 3.05) is 6.61 Å². The molecule has 4 nitrogen and oxygen atoms in total. The maximum Gasteiger partial charge on any atom is 0.0993 e. The summed E-state index contributed by atoms with van der Waals surface area (Å²) in [5, 5.41) is 0. The Hall–Kier alpha value is -2.50. The molecule has 4 fully saturated rings. The van der Waals surface area contributed by atoms with Crippen LogP contribution >= 0.6 is 0 Å². The highest BCUT2D eigenvalue weighted by Gasteiger charge is 2.72. The summed E-state index contributed by atoms with van der Waals surface area (Å²) < 4.78 is 25.6. The van der Waals surface area contributed by atoms with Gasteiger partial charge in [-0.1, -0.05) is 97.5 Å². The van der Waals surface area contributed by atoms with Gasteiger partial charge in [0, 0.05) is 11.8 Å². The normalized spacial score (nSPS) is 36.4. The van der Waals surface area contributed by atoms with Gasteiger partial charge in [-0.05, 0) is 81.9 Å². The van der Waals surface area contributed by atoms with Crippen molar-refractivity contribution in [1.82, 2.24) is 0 Å². The molecule has 0 bridgehead atoms. The van der Waals surface area contributed by atoms with Crippen LogP contribution in [-0.2, 0) is 32.2 Å². The summed E-state index contributed by atoms with van der Waals surface area (Å²) in [6.45, 7) is 15.4. The number of hydrogen-bond acceptors (Lipinski definition) is 4. The van der Waals surface area contributed by atoms with E-state index in [2.05, 4.69) is 114 Å². The van der Waals surface area contributed by atoms with E-state index in [0.717, 1.165) is 12.8 Å². The summed E-state index contributed by atoms with van der Waals surface area (Å²) in [5.74, 6) is 2.18. The van der Waals surface area contributed by atoms with E-state index >= 15 is 0 Å². The van der Waals surface area contributed by atoms with Gasteiger partial charge in [-0.25, -0.2) is 0 Å². The van der Waals surface area contributed by atoms with Gasteiger partial charge in [0.15, 0.2) is 0 Å². The summed E-state index contributed by atoms with van der Waals surface area (Å²) in [6, 6.07) is 20.8. The molecule has 43 heavy (non-hydrogen) atoms. The van der Waals surface area contributed by atoms with Crippen LogP contribution in [0.4, 0.5) is 0 Å². The standard InChI is InChI=1S/C39H50O4/c1-7-26(2)35-31(32-21-34-38(5,42-34)22-33(32)37-39(35,6)43-37)20-14-15-27(3)36(41-25-30-18-12-9-13-19-30)28(4)23-40-24-29-16-10-8-11-17-29/h7-20,28,31-37H,21-25H2,1-6H3/b20-14+,26-7+,27-15+/t28-,31-,32-,33+,34-,35-,36+,37-,38+,39+/m0/s1. The molecule has 0 N–H and O–H groups in total. The molecule has 2 heterocycles. The van der Waals surface area contributed by atoms with Crippen LogP contribution in [0.25, 0.3) is 0 Å². The molecule has 2 aliphatic heterocycles. The van der Waals surface area contributed by atoms with Crippen LogP contribution in [0.1, 0.15) is 65.5 Å². The third-order valence-corrected chi connectivity index (χ3v) is 10.9. The first-order valence-electron chi connectivity index (χ1n) is 16.3. The number of fused-ring (bicyclic) bond motifs is 4. The van der Waals surface area contributed by atoms with Gasteiger partial charge in [0.25, 0.3) is 0 Å². The van der Waals surface area contributed by atoms with Crippen molar-refractivity contribution in [1.29, 1.82) is 0 Å². The molecule has 230 valence electrons. The lowest BCUT2D eigenvalue weighted by atomic mass is 9.55. The second-order valence-corrected chi connectivity index (χ2v) is 14.0. The van der Waals surface area contributed by atoms with Crippen LogP contribution in [-0.4, -0.2) is 36.1 Å². The molecule has 0 radical (unpaired) electrons. The van der Waals surface area contributed by atoms with Crippen molar-refractivity contribution in [3.05, 3.63) is 107 Å². The fourth-order valence-corrected chi connectivity index (χ4v) is 8.36. The highest BCUT2D eigenvalue weighted by molar-refractivity contribution is 5.30. The van der Waals surface area contributed by atoms with E-state index in [4.69, 9.17) is 18.9 Å². The van der Waals surface area contributed by atoms with Crippen LogP contribution in [0.5, 0.6) is 0 Å². The molecule has 0 aromatic heterocycles. The summed E-state index contributed by atoms with van der Waals surface area (Å²) >= 11 is 0. The number of benzene rings is 2. The van der Waals surface area contributed by atoms with E-state index in [-0.39, 0.29) is 23.2 Å². The summed E-state index contributed by atoms with van der Waals surface area (Å²) in [4.78, 5) is 0. The first kappa shape index (κ1) is 30.5. The van der Waals surface area contributed by atoms with E-state index in [1.807, 2.05) is 12.1 Å². The monoisotopic (exact) mass is 582 g/mol. The predicted molar refractivity (Wildman–Crippen MR) is 172 cm³/mol. The number of epoxide rings is 2. The quantitative estimate of drug-likeness (QED) is 0.143. The minimum absolute atomic E-state index is 0.0447. The highest BCUT2D eigenvalue weighted by Crippen LogP contribution is 2.67. The maximum atomic E-state index is 6.60. The predicted octanol–water partition coefficient (Wildman–Crippen LogP) is 8.48. The molecule has 0 amide bonds. The number of rotatable bonds is 12. The van der Waals surface area contributed by atoms with Crippen molar-refractivity contribution in [3.63, 3.8) is 0 Å². The number of hydrogen-bond donors (Lipinski definition) is 0. The third kappa shape index (κ3) is 6.35. The molecular formula is C39H50O4. The lowest BCUT2D eigenvalue weighted by molar-refractivity contribution is -0.00922. The van der Waals surface area contributed by atoms with Gasteiger partial charge in [0.05, 0.1) is 49.3 Å². The fourth-order valence-electron chi connectivity index (χ4n) is 8.36. The Morgan fingerprint density at radius 1 is 0.953 bits per heavy atom. The molecule has 2 aliphatic carbocycles. The summed E-state index contributed by atoms with van der Waals surface area (Å²) in [5.41, 5.74) is 5.04.